The summed E-state index contributed by atoms with van der Waals surface area (Å²) < 4.78 is 38.8. The van der Waals surface area contributed by atoms with Crippen molar-refractivity contribution in [2.45, 2.75) is 37.4 Å². The van der Waals surface area contributed by atoms with Gasteiger partial charge < -0.3 is 15.1 Å². The van der Waals surface area contributed by atoms with Crippen molar-refractivity contribution < 1.29 is 22.8 Å². The van der Waals surface area contributed by atoms with Gasteiger partial charge in [-0.2, -0.15) is 13.2 Å². The molecule has 2 aliphatic heterocycles. The number of alkyl halides is 3. The molecule has 8 heteroatoms. The Morgan fingerprint density at radius 2 is 2.04 bits per heavy atom. The van der Waals surface area contributed by atoms with Gasteiger partial charge in [0.1, 0.15) is 0 Å². The normalized spacial score (nSPS) is 28.4. The van der Waals surface area contributed by atoms with Gasteiger partial charge in [0.15, 0.2) is 0 Å². The molecule has 3 aliphatic rings. The second-order valence-electron chi connectivity index (χ2n) is 7.92. The number of likely N-dealkylation sites (tertiary alicyclic amines) is 1. The molecule has 1 aliphatic carbocycles. The van der Waals surface area contributed by atoms with Crippen molar-refractivity contribution in [1.29, 1.82) is 0 Å². The average Bonchev–Trinajstić information content (AvgIpc) is 3.48. The minimum absolute atomic E-state index is 0.00898. The van der Waals surface area contributed by atoms with E-state index in [1.165, 1.54) is 6.07 Å². The summed E-state index contributed by atoms with van der Waals surface area (Å²) in [6.45, 7) is 2.93. The standard InChI is InChI=1S/C20H24F3N3O2/c21-20(22,23)14-4-1-3-13(9-14)16-10-17(16)19(28)25-7-2-5-15(12-25)26-8-6-24-11-18(26)27/h1,3-4,9,15-17,24H,2,5-8,10-12H2. The summed E-state index contributed by atoms with van der Waals surface area (Å²) in [5, 5.41) is 3.05. The van der Waals surface area contributed by atoms with Gasteiger partial charge in [0, 0.05) is 38.1 Å². The van der Waals surface area contributed by atoms with E-state index in [-0.39, 0.29) is 29.7 Å². The maximum absolute atomic E-state index is 12.9. The smallest absolute Gasteiger partial charge is 0.340 e. The molecular formula is C20H24F3N3O2. The van der Waals surface area contributed by atoms with Gasteiger partial charge in [-0.25, -0.2) is 0 Å². The van der Waals surface area contributed by atoms with Gasteiger partial charge in [-0.1, -0.05) is 18.2 Å². The summed E-state index contributed by atoms with van der Waals surface area (Å²) in [6, 6.07) is 5.34. The summed E-state index contributed by atoms with van der Waals surface area (Å²) in [7, 11) is 0. The van der Waals surface area contributed by atoms with Crippen LogP contribution in [0.1, 0.15) is 36.3 Å². The van der Waals surface area contributed by atoms with Gasteiger partial charge in [-0.3, -0.25) is 9.59 Å². The third-order valence-corrected chi connectivity index (χ3v) is 6.02. The van der Waals surface area contributed by atoms with Crippen LogP contribution in [0.3, 0.4) is 0 Å². The van der Waals surface area contributed by atoms with E-state index in [2.05, 4.69) is 5.32 Å². The van der Waals surface area contributed by atoms with Crippen molar-refractivity contribution in [2.24, 2.45) is 5.92 Å². The fraction of sp³-hybridized carbons (Fsp3) is 0.600. The van der Waals surface area contributed by atoms with E-state index in [9.17, 15) is 22.8 Å². The highest BCUT2D eigenvalue weighted by atomic mass is 19.4. The van der Waals surface area contributed by atoms with E-state index in [4.69, 9.17) is 0 Å². The molecule has 3 atom stereocenters. The lowest BCUT2D eigenvalue weighted by Crippen LogP contribution is -2.57. The van der Waals surface area contributed by atoms with Crippen LogP contribution in [0.25, 0.3) is 0 Å². The van der Waals surface area contributed by atoms with Gasteiger partial charge in [0.2, 0.25) is 11.8 Å². The monoisotopic (exact) mass is 395 g/mol. The zero-order valence-corrected chi connectivity index (χ0v) is 15.5. The van der Waals surface area contributed by atoms with E-state index < -0.39 is 11.7 Å². The Morgan fingerprint density at radius 1 is 1.21 bits per heavy atom. The van der Waals surface area contributed by atoms with Crippen molar-refractivity contribution >= 4 is 11.8 Å². The minimum Gasteiger partial charge on any atom is -0.340 e. The van der Waals surface area contributed by atoms with E-state index in [1.807, 2.05) is 9.80 Å². The van der Waals surface area contributed by atoms with Crippen molar-refractivity contribution in [3.8, 4) is 0 Å². The van der Waals surface area contributed by atoms with E-state index in [0.717, 1.165) is 31.5 Å². The van der Waals surface area contributed by atoms with Crippen LogP contribution in [-0.4, -0.2) is 60.4 Å². The average molecular weight is 395 g/mol. The van der Waals surface area contributed by atoms with Crippen molar-refractivity contribution in [3.63, 3.8) is 0 Å². The number of benzene rings is 1. The number of carbonyl (C=O) groups is 2. The molecule has 2 heterocycles. The van der Waals surface area contributed by atoms with Crippen LogP contribution >= 0.6 is 0 Å². The number of amides is 2. The first-order valence-corrected chi connectivity index (χ1v) is 9.80. The highest BCUT2D eigenvalue weighted by molar-refractivity contribution is 5.83. The summed E-state index contributed by atoms with van der Waals surface area (Å²) in [4.78, 5) is 28.7. The second-order valence-corrected chi connectivity index (χ2v) is 7.92. The van der Waals surface area contributed by atoms with Crippen LogP contribution in [0.4, 0.5) is 13.2 Å². The van der Waals surface area contributed by atoms with Crippen LogP contribution < -0.4 is 5.32 Å². The molecule has 3 unspecified atom stereocenters. The first-order valence-electron chi connectivity index (χ1n) is 9.80. The summed E-state index contributed by atoms with van der Waals surface area (Å²) in [5.74, 6) is -0.314. The number of piperidine rings is 1. The third-order valence-electron chi connectivity index (χ3n) is 6.02. The number of rotatable bonds is 3. The van der Waals surface area contributed by atoms with E-state index in [1.54, 1.807) is 6.07 Å². The largest absolute Gasteiger partial charge is 0.416 e. The number of hydrogen-bond acceptors (Lipinski definition) is 3. The summed E-state index contributed by atoms with van der Waals surface area (Å²) in [5.41, 5.74) is -0.0858. The fourth-order valence-corrected chi connectivity index (χ4v) is 4.43. The molecule has 1 aromatic carbocycles. The number of nitrogens with one attached hydrogen (secondary N) is 1. The molecule has 0 aromatic heterocycles. The number of halogens is 3. The summed E-state index contributed by atoms with van der Waals surface area (Å²) >= 11 is 0. The Morgan fingerprint density at radius 3 is 2.79 bits per heavy atom. The van der Waals surface area contributed by atoms with E-state index >= 15 is 0 Å². The lowest BCUT2D eigenvalue weighted by molar-refractivity contribution is -0.141. The third kappa shape index (κ3) is 3.87. The summed E-state index contributed by atoms with van der Waals surface area (Å²) in [6.07, 6.45) is -2.06. The molecule has 1 saturated carbocycles. The minimum atomic E-state index is -4.37. The van der Waals surface area contributed by atoms with Gasteiger partial charge in [0.25, 0.3) is 0 Å². The molecule has 1 aromatic rings. The van der Waals surface area contributed by atoms with E-state index in [0.29, 0.717) is 38.2 Å². The maximum Gasteiger partial charge on any atom is 0.416 e. The molecule has 0 bridgehead atoms. The van der Waals surface area contributed by atoms with Crippen LogP contribution in [0, 0.1) is 5.92 Å². The Kier molecular flexibility index (Phi) is 5.07. The topological polar surface area (TPSA) is 52.7 Å². The first kappa shape index (κ1) is 19.2. The number of carbonyl (C=O) groups excluding carboxylic acids is 2. The second kappa shape index (κ2) is 7.39. The predicted octanol–water partition coefficient (Wildman–Crippen LogP) is 2.23. The number of hydrogen-bond donors (Lipinski definition) is 1. The predicted molar refractivity (Wildman–Crippen MR) is 96.5 cm³/mol. The fourth-order valence-electron chi connectivity index (χ4n) is 4.43. The number of piperazine rings is 1. The Hall–Kier alpha value is -2.09. The maximum atomic E-state index is 12.9. The van der Waals surface area contributed by atoms with Crippen molar-refractivity contribution in [2.75, 3.05) is 32.7 Å². The van der Waals surface area contributed by atoms with Crippen LogP contribution in [0.2, 0.25) is 0 Å². The molecule has 4 rings (SSSR count). The molecule has 28 heavy (non-hydrogen) atoms. The zero-order chi connectivity index (χ0) is 19.9. The lowest BCUT2D eigenvalue weighted by atomic mass is 10.0. The molecule has 2 saturated heterocycles. The highest BCUT2D eigenvalue weighted by Crippen LogP contribution is 2.49. The van der Waals surface area contributed by atoms with Gasteiger partial charge >= 0.3 is 6.18 Å². The Bertz CT molecular complexity index is 767. The quantitative estimate of drug-likeness (QED) is 0.854. The Labute approximate surface area is 161 Å². The molecule has 3 fully saturated rings. The van der Waals surface area contributed by atoms with Crippen LogP contribution in [0.15, 0.2) is 24.3 Å². The van der Waals surface area contributed by atoms with Crippen molar-refractivity contribution in [1.82, 2.24) is 15.1 Å². The zero-order valence-electron chi connectivity index (χ0n) is 15.5. The lowest BCUT2D eigenvalue weighted by Gasteiger charge is -2.41. The highest BCUT2D eigenvalue weighted by Gasteiger charge is 2.47. The number of nitrogens with zero attached hydrogens (tertiary/aromatic N) is 2. The molecule has 1 N–H and O–H groups in total. The van der Waals surface area contributed by atoms with Gasteiger partial charge in [0.05, 0.1) is 12.1 Å². The van der Waals surface area contributed by atoms with Crippen LogP contribution in [0.5, 0.6) is 0 Å². The van der Waals surface area contributed by atoms with Gasteiger partial charge in [-0.15, -0.1) is 0 Å². The molecular weight excluding hydrogens is 371 g/mol. The van der Waals surface area contributed by atoms with Gasteiger partial charge in [-0.05, 0) is 36.8 Å². The molecule has 152 valence electrons. The molecule has 5 nitrogen and oxygen atoms in total. The first-order chi connectivity index (χ1) is 13.3. The molecule has 0 radical (unpaired) electrons. The van der Waals surface area contributed by atoms with Crippen LogP contribution in [-0.2, 0) is 15.8 Å². The van der Waals surface area contributed by atoms with Crippen molar-refractivity contribution in [3.05, 3.63) is 35.4 Å². The SMILES string of the molecule is O=C(C1CC1c1cccc(C(F)(F)F)c1)N1CCCC(N2CCNCC2=O)C1. The molecule has 2 amide bonds. The molecule has 0 spiro atoms. The Balaban J connectivity index is 1.40.